The first-order valence-electron chi connectivity index (χ1n) is 5.74. The lowest BCUT2D eigenvalue weighted by Crippen LogP contribution is -2.45. The molecule has 1 N–H and O–H groups in total. The molecule has 2 atom stereocenters. The molecule has 6 heteroatoms. The van der Waals surface area contributed by atoms with Crippen molar-refractivity contribution in [2.45, 2.75) is 44.4 Å². The van der Waals surface area contributed by atoms with Crippen molar-refractivity contribution < 1.29 is 13.2 Å². The van der Waals surface area contributed by atoms with Gasteiger partial charge in [0.15, 0.2) is 0 Å². The minimum atomic E-state index is -4.08. The van der Waals surface area contributed by atoms with Gasteiger partial charge in [-0.2, -0.15) is 13.2 Å². The predicted octanol–water partition coefficient (Wildman–Crippen LogP) is 3.35. The molecular formula is C11H15F3N2S. The quantitative estimate of drug-likeness (QED) is 0.905. The van der Waals surface area contributed by atoms with Crippen molar-refractivity contribution in [3.63, 3.8) is 0 Å². The molecule has 2 rings (SSSR count). The SMILES string of the molecule is FC(F)(F)C1CCCCC1NCc1cscn1. The Morgan fingerprint density at radius 1 is 1.35 bits per heavy atom. The summed E-state index contributed by atoms with van der Waals surface area (Å²) in [6.07, 6.45) is -1.67. The molecule has 1 heterocycles. The summed E-state index contributed by atoms with van der Waals surface area (Å²) < 4.78 is 38.4. The Morgan fingerprint density at radius 3 is 2.76 bits per heavy atom. The molecule has 1 aliphatic carbocycles. The van der Waals surface area contributed by atoms with Crippen LogP contribution in [0.15, 0.2) is 10.9 Å². The van der Waals surface area contributed by atoms with Crippen LogP contribution < -0.4 is 5.32 Å². The summed E-state index contributed by atoms with van der Waals surface area (Å²) >= 11 is 1.46. The fraction of sp³-hybridized carbons (Fsp3) is 0.727. The van der Waals surface area contributed by atoms with E-state index in [1.807, 2.05) is 5.38 Å². The van der Waals surface area contributed by atoms with E-state index in [4.69, 9.17) is 0 Å². The van der Waals surface area contributed by atoms with Gasteiger partial charge in [0.05, 0.1) is 17.1 Å². The average Bonchev–Trinajstić information content (AvgIpc) is 2.78. The van der Waals surface area contributed by atoms with Crippen molar-refractivity contribution in [3.8, 4) is 0 Å². The lowest BCUT2D eigenvalue weighted by molar-refractivity contribution is -0.189. The van der Waals surface area contributed by atoms with Crippen LogP contribution in [0.5, 0.6) is 0 Å². The highest BCUT2D eigenvalue weighted by molar-refractivity contribution is 7.07. The first kappa shape index (κ1) is 12.8. The molecule has 1 fully saturated rings. The molecule has 1 aliphatic rings. The first-order chi connectivity index (χ1) is 8.07. The standard InChI is InChI=1S/C11H15F3N2S/c12-11(13,14)9-3-1-2-4-10(9)15-5-8-6-17-7-16-8/h6-7,9-10,15H,1-5H2. The van der Waals surface area contributed by atoms with E-state index in [9.17, 15) is 13.2 Å². The Balaban J connectivity index is 1.92. The van der Waals surface area contributed by atoms with Crippen LogP contribution in [0.2, 0.25) is 0 Å². The lowest BCUT2D eigenvalue weighted by Gasteiger charge is -2.33. The summed E-state index contributed by atoms with van der Waals surface area (Å²) in [6.45, 7) is 0.431. The van der Waals surface area contributed by atoms with Gasteiger partial charge in [-0.05, 0) is 12.8 Å². The minimum Gasteiger partial charge on any atom is -0.308 e. The second-order valence-electron chi connectivity index (χ2n) is 4.40. The van der Waals surface area contributed by atoms with Gasteiger partial charge in [-0.3, -0.25) is 0 Å². The second-order valence-corrected chi connectivity index (χ2v) is 5.12. The van der Waals surface area contributed by atoms with E-state index >= 15 is 0 Å². The van der Waals surface area contributed by atoms with Crippen LogP contribution in [-0.2, 0) is 6.54 Å². The van der Waals surface area contributed by atoms with Crippen molar-refractivity contribution in [1.82, 2.24) is 10.3 Å². The highest BCUT2D eigenvalue weighted by Crippen LogP contribution is 2.37. The maximum absolute atomic E-state index is 12.8. The molecule has 0 aliphatic heterocycles. The molecule has 17 heavy (non-hydrogen) atoms. The van der Waals surface area contributed by atoms with Crippen LogP contribution in [0.25, 0.3) is 0 Å². The van der Waals surface area contributed by atoms with Gasteiger partial charge in [0.2, 0.25) is 0 Å². The smallest absolute Gasteiger partial charge is 0.308 e. The molecule has 1 aromatic heterocycles. The van der Waals surface area contributed by atoms with E-state index in [1.54, 1.807) is 5.51 Å². The second kappa shape index (κ2) is 5.35. The van der Waals surface area contributed by atoms with Gasteiger partial charge in [0.25, 0.3) is 0 Å². The van der Waals surface area contributed by atoms with E-state index in [2.05, 4.69) is 10.3 Å². The van der Waals surface area contributed by atoms with E-state index < -0.39 is 18.1 Å². The zero-order valence-electron chi connectivity index (χ0n) is 9.33. The zero-order valence-corrected chi connectivity index (χ0v) is 10.2. The van der Waals surface area contributed by atoms with Gasteiger partial charge >= 0.3 is 6.18 Å². The summed E-state index contributed by atoms with van der Waals surface area (Å²) in [5.74, 6) is -1.20. The molecule has 1 saturated carbocycles. The topological polar surface area (TPSA) is 24.9 Å². The predicted molar refractivity (Wildman–Crippen MR) is 60.8 cm³/mol. The molecule has 0 bridgehead atoms. The summed E-state index contributed by atoms with van der Waals surface area (Å²) in [4.78, 5) is 4.06. The normalized spacial score (nSPS) is 26.1. The zero-order chi connectivity index (χ0) is 12.3. The Hall–Kier alpha value is -0.620. The van der Waals surface area contributed by atoms with Crippen LogP contribution >= 0.6 is 11.3 Å². The molecule has 0 spiro atoms. The largest absolute Gasteiger partial charge is 0.393 e. The van der Waals surface area contributed by atoms with E-state index in [0.29, 0.717) is 19.4 Å². The number of halogens is 3. The summed E-state index contributed by atoms with van der Waals surface area (Å²) in [7, 11) is 0. The van der Waals surface area contributed by atoms with Crippen LogP contribution in [0.4, 0.5) is 13.2 Å². The third-order valence-electron chi connectivity index (χ3n) is 3.22. The fourth-order valence-electron chi connectivity index (χ4n) is 2.33. The number of aromatic nitrogens is 1. The molecule has 2 unspecified atom stereocenters. The molecular weight excluding hydrogens is 249 g/mol. The molecule has 0 aromatic carbocycles. The van der Waals surface area contributed by atoms with Gasteiger partial charge in [0, 0.05) is 18.0 Å². The van der Waals surface area contributed by atoms with Crippen LogP contribution in [-0.4, -0.2) is 17.2 Å². The Labute approximate surface area is 102 Å². The number of thiazole rings is 1. The third-order valence-corrected chi connectivity index (χ3v) is 3.85. The Bertz CT molecular complexity index is 337. The Morgan fingerprint density at radius 2 is 2.12 bits per heavy atom. The number of hydrogen-bond donors (Lipinski definition) is 1. The van der Waals surface area contributed by atoms with Crippen molar-refractivity contribution in [2.75, 3.05) is 0 Å². The van der Waals surface area contributed by atoms with E-state index in [1.165, 1.54) is 11.3 Å². The monoisotopic (exact) mass is 264 g/mol. The molecule has 1 aromatic rings. The number of nitrogens with zero attached hydrogens (tertiary/aromatic N) is 1. The van der Waals surface area contributed by atoms with E-state index in [-0.39, 0.29) is 6.42 Å². The van der Waals surface area contributed by atoms with Crippen LogP contribution in [0.3, 0.4) is 0 Å². The lowest BCUT2D eigenvalue weighted by atomic mass is 9.84. The molecule has 0 saturated heterocycles. The number of rotatable bonds is 3. The third kappa shape index (κ3) is 3.42. The first-order valence-corrected chi connectivity index (χ1v) is 6.69. The summed E-state index contributed by atoms with van der Waals surface area (Å²) in [5.41, 5.74) is 2.51. The molecule has 2 nitrogen and oxygen atoms in total. The van der Waals surface area contributed by atoms with E-state index in [0.717, 1.165) is 12.1 Å². The number of alkyl halides is 3. The van der Waals surface area contributed by atoms with Gasteiger partial charge in [-0.1, -0.05) is 12.8 Å². The minimum absolute atomic E-state index is 0.248. The van der Waals surface area contributed by atoms with Crippen LogP contribution in [0, 0.1) is 5.92 Å². The number of hydrogen-bond acceptors (Lipinski definition) is 3. The molecule has 0 radical (unpaired) electrons. The maximum Gasteiger partial charge on any atom is 0.393 e. The molecule has 96 valence electrons. The van der Waals surface area contributed by atoms with Gasteiger partial charge in [-0.25, -0.2) is 4.98 Å². The van der Waals surface area contributed by atoms with Gasteiger partial charge in [-0.15, -0.1) is 11.3 Å². The van der Waals surface area contributed by atoms with Crippen molar-refractivity contribution in [2.24, 2.45) is 5.92 Å². The Kier molecular flexibility index (Phi) is 4.04. The van der Waals surface area contributed by atoms with Gasteiger partial charge in [0.1, 0.15) is 0 Å². The summed E-state index contributed by atoms with van der Waals surface area (Å²) in [5, 5.41) is 4.86. The van der Waals surface area contributed by atoms with Crippen molar-refractivity contribution in [1.29, 1.82) is 0 Å². The number of nitrogens with one attached hydrogen (secondary N) is 1. The summed E-state index contributed by atoms with van der Waals surface area (Å²) in [6, 6.07) is -0.453. The van der Waals surface area contributed by atoms with Gasteiger partial charge < -0.3 is 5.32 Å². The highest BCUT2D eigenvalue weighted by Gasteiger charge is 2.45. The highest BCUT2D eigenvalue weighted by atomic mass is 32.1. The maximum atomic E-state index is 12.8. The molecule has 0 amide bonds. The van der Waals surface area contributed by atoms with Crippen LogP contribution in [0.1, 0.15) is 31.4 Å². The fourth-order valence-corrected chi connectivity index (χ4v) is 2.89. The van der Waals surface area contributed by atoms with Crippen molar-refractivity contribution >= 4 is 11.3 Å². The van der Waals surface area contributed by atoms with Crippen molar-refractivity contribution in [3.05, 3.63) is 16.6 Å². The average molecular weight is 264 g/mol.